The molecule has 0 saturated carbocycles. The van der Waals surface area contributed by atoms with Gasteiger partial charge in [0, 0.05) is 28.7 Å². The molecule has 3 aromatic rings. The average Bonchev–Trinajstić information content (AvgIpc) is 3.03. The second-order valence-electron chi connectivity index (χ2n) is 6.92. The first-order valence-corrected chi connectivity index (χ1v) is 10.5. The van der Waals surface area contributed by atoms with Gasteiger partial charge in [0.05, 0.1) is 4.90 Å². The maximum Gasteiger partial charge on any atom is 0.251 e. The minimum absolute atomic E-state index is 0.0123. The van der Waals surface area contributed by atoms with Crippen LogP contribution in [-0.4, -0.2) is 19.3 Å². The number of fused-ring (bicyclic) bond motifs is 3. The first kappa shape index (κ1) is 17.8. The number of amides is 1. The molecule has 27 heavy (non-hydrogen) atoms. The molecule has 2 aromatic carbocycles. The zero-order chi connectivity index (χ0) is 19.0. The maximum absolute atomic E-state index is 12.3. The minimum Gasteiger partial charge on any atom is -0.358 e. The fourth-order valence-electron chi connectivity index (χ4n) is 3.64. The molecular weight excluding hydrogens is 362 g/mol. The van der Waals surface area contributed by atoms with E-state index in [1.165, 1.54) is 53.8 Å². The van der Waals surface area contributed by atoms with Crippen LogP contribution in [-0.2, 0) is 29.4 Å². The molecule has 0 spiro atoms. The number of nitrogens with two attached hydrogens (primary N) is 1. The predicted molar refractivity (Wildman–Crippen MR) is 104 cm³/mol. The Kier molecular flexibility index (Phi) is 4.49. The molecule has 0 aliphatic heterocycles. The lowest BCUT2D eigenvalue weighted by Gasteiger charge is -2.11. The van der Waals surface area contributed by atoms with Crippen molar-refractivity contribution in [3.8, 4) is 0 Å². The van der Waals surface area contributed by atoms with Crippen LogP contribution in [0.1, 0.15) is 40.0 Å². The van der Waals surface area contributed by atoms with Gasteiger partial charge in [0.25, 0.3) is 5.91 Å². The molecule has 4 N–H and O–H groups in total. The number of carbonyl (C=O) groups excluding carboxylic acids is 1. The van der Waals surface area contributed by atoms with Crippen molar-refractivity contribution in [1.29, 1.82) is 0 Å². The van der Waals surface area contributed by atoms with Crippen LogP contribution < -0.4 is 10.5 Å². The monoisotopic (exact) mass is 383 g/mol. The van der Waals surface area contributed by atoms with Gasteiger partial charge < -0.3 is 10.3 Å². The first-order valence-electron chi connectivity index (χ1n) is 8.95. The Morgan fingerprint density at radius 1 is 1.07 bits per heavy atom. The zero-order valence-electron chi connectivity index (χ0n) is 14.8. The second kappa shape index (κ2) is 6.83. The minimum atomic E-state index is -3.76. The zero-order valence-corrected chi connectivity index (χ0v) is 15.6. The number of aryl methyl sites for hydroxylation is 2. The summed E-state index contributed by atoms with van der Waals surface area (Å²) in [5, 5.41) is 9.20. The third-order valence-corrected chi connectivity index (χ3v) is 5.99. The van der Waals surface area contributed by atoms with Gasteiger partial charge in [-0.05, 0) is 73.2 Å². The van der Waals surface area contributed by atoms with Crippen molar-refractivity contribution < 1.29 is 13.2 Å². The lowest BCUT2D eigenvalue weighted by atomic mass is 9.95. The summed E-state index contributed by atoms with van der Waals surface area (Å²) in [5.41, 5.74) is 5.32. The van der Waals surface area contributed by atoms with Crippen molar-refractivity contribution in [3.05, 3.63) is 64.8 Å². The first-order chi connectivity index (χ1) is 12.9. The Labute approximate surface area is 157 Å². The van der Waals surface area contributed by atoms with E-state index in [0.29, 0.717) is 12.1 Å². The summed E-state index contributed by atoms with van der Waals surface area (Å²) >= 11 is 0. The number of aromatic nitrogens is 1. The van der Waals surface area contributed by atoms with Crippen LogP contribution in [0.15, 0.2) is 47.4 Å². The molecule has 0 radical (unpaired) electrons. The SMILES string of the molecule is NS(=O)(=O)c1ccc(C(=O)NCc2ccc3[nH]c4c(c3c2)CCCC4)cc1. The van der Waals surface area contributed by atoms with Crippen molar-refractivity contribution in [2.24, 2.45) is 5.14 Å². The number of rotatable bonds is 4. The Morgan fingerprint density at radius 2 is 1.81 bits per heavy atom. The Hall–Kier alpha value is -2.64. The molecule has 7 heteroatoms. The lowest BCUT2D eigenvalue weighted by molar-refractivity contribution is 0.0951. The maximum atomic E-state index is 12.3. The summed E-state index contributed by atoms with van der Waals surface area (Å²) in [4.78, 5) is 15.8. The number of nitrogens with one attached hydrogen (secondary N) is 2. The molecule has 4 rings (SSSR count). The van der Waals surface area contributed by atoms with E-state index in [0.717, 1.165) is 23.9 Å². The fourth-order valence-corrected chi connectivity index (χ4v) is 4.16. The number of hydrogen-bond acceptors (Lipinski definition) is 3. The van der Waals surface area contributed by atoms with E-state index in [4.69, 9.17) is 5.14 Å². The number of carbonyl (C=O) groups is 1. The van der Waals surface area contributed by atoms with Crippen LogP contribution in [0.3, 0.4) is 0 Å². The van der Waals surface area contributed by atoms with Gasteiger partial charge in [-0.15, -0.1) is 0 Å². The number of H-pyrrole nitrogens is 1. The van der Waals surface area contributed by atoms with Gasteiger partial charge in [0.2, 0.25) is 10.0 Å². The van der Waals surface area contributed by atoms with Crippen LogP contribution in [0.4, 0.5) is 0 Å². The molecule has 0 bridgehead atoms. The smallest absolute Gasteiger partial charge is 0.251 e. The number of hydrogen-bond donors (Lipinski definition) is 3. The highest BCUT2D eigenvalue weighted by Gasteiger charge is 2.16. The Bertz CT molecular complexity index is 1120. The van der Waals surface area contributed by atoms with Crippen LogP contribution in [0.25, 0.3) is 10.9 Å². The molecular formula is C20H21N3O3S. The largest absolute Gasteiger partial charge is 0.358 e. The molecule has 1 heterocycles. The highest BCUT2D eigenvalue weighted by atomic mass is 32.2. The quantitative estimate of drug-likeness (QED) is 0.645. The van der Waals surface area contributed by atoms with Crippen LogP contribution >= 0.6 is 0 Å². The number of aromatic amines is 1. The Balaban J connectivity index is 1.49. The van der Waals surface area contributed by atoms with E-state index in [1.54, 1.807) is 0 Å². The van der Waals surface area contributed by atoms with E-state index in [2.05, 4.69) is 22.4 Å². The van der Waals surface area contributed by atoms with Crippen LogP contribution in [0.5, 0.6) is 0 Å². The molecule has 1 amide bonds. The fraction of sp³-hybridized carbons (Fsp3) is 0.250. The molecule has 0 atom stereocenters. The summed E-state index contributed by atoms with van der Waals surface area (Å²) in [6.07, 6.45) is 4.65. The van der Waals surface area contributed by atoms with E-state index in [-0.39, 0.29) is 10.8 Å². The van der Waals surface area contributed by atoms with Gasteiger partial charge in [-0.3, -0.25) is 4.79 Å². The molecule has 140 valence electrons. The number of primary sulfonamides is 1. The van der Waals surface area contributed by atoms with Gasteiger partial charge in [-0.2, -0.15) is 0 Å². The summed E-state index contributed by atoms with van der Waals surface area (Å²) in [6.45, 7) is 0.408. The van der Waals surface area contributed by atoms with E-state index in [9.17, 15) is 13.2 Å². The van der Waals surface area contributed by atoms with Gasteiger partial charge in [-0.25, -0.2) is 13.6 Å². The lowest BCUT2D eigenvalue weighted by Crippen LogP contribution is -2.23. The third-order valence-electron chi connectivity index (χ3n) is 5.06. The predicted octanol–water partition coefficient (Wildman–Crippen LogP) is 2.62. The van der Waals surface area contributed by atoms with Crippen molar-refractivity contribution in [2.75, 3.05) is 0 Å². The van der Waals surface area contributed by atoms with E-state index < -0.39 is 10.0 Å². The summed E-state index contributed by atoms with van der Waals surface area (Å²) < 4.78 is 22.6. The van der Waals surface area contributed by atoms with Crippen LogP contribution in [0, 0.1) is 0 Å². The van der Waals surface area contributed by atoms with Crippen molar-refractivity contribution in [1.82, 2.24) is 10.3 Å². The normalized spacial score (nSPS) is 14.1. The highest BCUT2D eigenvalue weighted by molar-refractivity contribution is 7.89. The van der Waals surface area contributed by atoms with Crippen molar-refractivity contribution in [3.63, 3.8) is 0 Å². The average molecular weight is 383 g/mol. The van der Waals surface area contributed by atoms with Gasteiger partial charge in [0.15, 0.2) is 0 Å². The molecule has 6 nitrogen and oxygen atoms in total. The summed E-state index contributed by atoms with van der Waals surface area (Å²) in [5.74, 6) is -0.257. The molecule has 0 saturated heterocycles. The van der Waals surface area contributed by atoms with Gasteiger partial charge in [0.1, 0.15) is 0 Å². The molecule has 1 aliphatic carbocycles. The number of sulfonamides is 1. The second-order valence-corrected chi connectivity index (χ2v) is 8.48. The van der Waals surface area contributed by atoms with Crippen molar-refractivity contribution >= 4 is 26.8 Å². The summed E-state index contributed by atoms with van der Waals surface area (Å²) in [6, 6.07) is 11.8. The third kappa shape index (κ3) is 3.61. The van der Waals surface area contributed by atoms with E-state index >= 15 is 0 Å². The van der Waals surface area contributed by atoms with Gasteiger partial charge >= 0.3 is 0 Å². The highest BCUT2D eigenvalue weighted by Crippen LogP contribution is 2.29. The van der Waals surface area contributed by atoms with E-state index in [1.807, 2.05) is 6.07 Å². The van der Waals surface area contributed by atoms with Crippen LogP contribution in [0.2, 0.25) is 0 Å². The summed E-state index contributed by atoms with van der Waals surface area (Å²) in [7, 11) is -3.76. The number of benzene rings is 2. The van der Waals surface area contributed by atoms with Gasteiger partial charge in [-0.1, -0.05) is 6.07 Å². The molecule has 0 fully saturated rings. The molecule has 0 unspecified atom stereocenters. The Morgan fingerprint density at radius 3 is 2.56 bits per heavy atom. The molecule has 1 aromatic heterocycles. The molecule has 1 aliphatic rings. The topological polar surface area (TPSA) is 105 Å². The standard InChI is InChI=1S/C20H21N3O3S/c21-27(25,26)15-8-6-14(7-9-15)20(24)22-12-13-5-10-19-17(11-13)16-3-1-2-4-18(16)23-19/h5-11,23H,1-4,12H2,(H,22,24)(H2,21,25,26). The van der Waals surface area contributed by atoms with Crippen molar-refractivity contribution in [2.45, 2.75) is 37.1 Å².